The Kier molecular flexibility index (Phi) is 15.9. The van der Waals surface area contributed by atoms with Crippen molar-refractivity contribution in [3.05, 3.63) is 95.8 Å². The largest absolute Gasteiger partial charge is 0.385 e. The molecule has 334 valence electrons. The highest BCUT2D eigenvalue weighted by Gasteiger charge is 2.48. The molecule has 2 aromatic carbocycles. The Morgan fingerprint density at radius 3 is 2.10 bits per heavy atom. The van der Waals surface area contributed by atoms with Crippen molar-refractivity contribution in [2.45, 2.75) is 91.9 Å². The predicted octanol–water partition coefficient (Wildman–Crippen LogP) is 5.71. The summed E-state index contributed by atoms with van der Waals surface area (Å²) in [6.07, 6.45) is 17.4. The summed E-state index contributed by atoms with van der Waals surface area (Å²) in [6.45, 7) is 6.51. The first-order chi connectivity index (χ1) is 28.7. The van der Waals surface area contributed by atoms with Gasteiger partial charge in [-0.25, -0.2) is 0 Å². The van der Waals surface area contributed by atoms with Gasteiger partial charge >= 0.3 is 0 Å². The molecule has 3 aliphatic rings. The normalized spacial score (nSPS) is 22.4. The third-order valence-corrected chi connectivity index (χ3v) is 14.2. The SMILES string of the molecule is COCC[N+]1=C(C=CC=CC=CC=C2N(CCCCCC(=O)CC3CN3)c3ccc(S(=O)(=O)O)cc3C2(C)CCOC)C(C)(CCCS(=O)(=O)O)c2cc(S(=O)(=O)O)ccc21. The zero-order chi connectivity index (χ0) is 44.6. The summed E-state index contributed by atoms with van der Waals surface area (Å²) < 4.78 is 114. The van der Waals surface area contributed by atoms with E-state index in [9.17, 15) is 43.7 Å². The molecule has 0 bridgehead atoms. The number of ketones is 1. The average molecular weight is 905 g/mol. The molecular formula is C43H58N3O12S3+. The lowest BCUT2D eigenvalue weighted by Gasteiger charge is -2.30. The molecular weight excluding hydrogens is 847 g/mol. The number of carbonyl (C=O) groups excluding carboxylic acids is 1. The van der Waals surface area contributed by atoms with Gasteiger partial charge in [-0.15, -0.1) is 0 Å². The number of hydrogen-bond acceptors (Lipinski definition) is 11. The van der Waals surface area contributed by atoms with Crippen LogP contribution in [0.4, 0.5) is 11.4 Å². The summed E-state index contributed by atoms with van der Waals surface area (Å²) in [5, 5.41) is 3.17. The van der Waals surface area contributed by atoms with Crippen molar-refractivity contribution in [3.8, 4) is 0 Å². The lowest BCUT2D eigenvalue weighted by Crippen LogP contribution is -2.32. The van der Waals surface area contributed by atoms with E-state index in [2.05, 4.69) is 10.2 Å². The van der Waals surface area contributed by atoms with Gasteiger partial charge < -0.3 is 19.7 Å². The molecule has 3 atom stereocenters. The van der Waals surface area contributed by atoms with Crippen LogP contribution in [0, 0.1) is 0 Å². The van der Waals surface area contributed by atoms with Crippen LogP contribution >= 0.6 is 0 Å². The number of Topliss-reactive ketones (excluding diaryl/α,β-unsaturated/α-hetero) is 1. The van der Waals surface area contributed by atoms with Crippen molar-refractivity contribution < 1.29 is 57.8 Å². The molecule has 15 nitrogen and oxygen atoms in total. The summed E-state index contributed by atoms with van der Waals surface area (Å²) in [5.41, 5.74) is 2.90. The second kappa shape index (κ2) is 20.1. The molecule has 3 unspecified atom stereocenters. The van der Waals surface area contributed by atoms with Crippen LogP contribution in [0.2, 0.25) is 0 Å². The molecule has 2 aromatic rings. The first-order valence-electron chi connectivity index (χ1n) is 20.3. The third-order valence-electron chi connectivity index (χ3n) is 11.7. The average Bonchev–Trinajstić information content (AvgIpc) is 3.93. The maximum Gasteiger partial charge on any atom is 0.294 e. The fourth-order valence-electron chi connectivity index (χ4n) is 8.35. The van der Waals surface area contributed by atoms with Gasteiger partial charge in [0.1, 0.15) is 12.4 Å². The Bertz CT molecular complexity index is 2440. The van der Waals surface area contributed by atoms with E-state index in [1.54, 1.807) is 26.4 Å². The Morgan fingerprint density at radius 2 is 1.46 bits per heavy atom. The molecule has 18 heteroatoms. The van der Waals surface area contributed by atoms with E-state index < -0.39 is 46.9 Å². The fourth-order valence-corrected chi connectivity index (χ4v) is 9.87. The first-order valence-corrected chi connectivity index (χ1v) is 24.8. The molecule has 0 radical (unpaired) electrons. The second-order valence-electron chi connectivity index (χ2n) is 16.1. The van der Waals surface area contributed by atoms with Crippen LogP contribution in [0.25, 0.3) is 0 Å². The van der Waals surface area contributed by atoms with Gasteiger partial charge in [0.2, 0.25) is 5.69 Å². The molecule has 4 N–H and O–H groups in total. The number of carbonyl (C=O) groups is 1. The first kappa shape index (κ1) is 48.2. The lowest BCUT2D eigenvalue weighted by molar-refractivity contribution is -0.441. The molecule has 3 heterocycles. The van der Waals surface area contributed by atoms with Gasteiger partial charge in [0.05, 0.1) is 21.0 Å². The van der Waals surface area contributed by atoms with Crippen LogP contribution in [-0.2, 0) is 55.5 Å². The number of methoxy groups -OCH3 is 2. The summed E-state index contributed by atoms with van der Waals surface area (Å²) in [5.74, 6) is -0.228. The summed E-state index contributed by atoms with van der Waals surface area (Å²) >= 11 is 0. The van der Waals surface area contributed by atoms with Gasteiger partial charge in [-0.3, -0.25) is 18.5 Å². The van der Waals surface area contributed by atoms with E-state index >= 15 is 0 Å². The van der Waals surface area contributed by atoms with Crippen molar-refractivity contribution in [3.63, 3.8) is 0 Å². The Hall–Kier alpha value is -3.85. The van der Waals surface area contributed by atoms with E-state index in [4.69, 9.17) is 9.47 Å². The van der Waals surface area contributed by atoms with Gasteiger partial charge in [0, 0.05) is 87.3 Å². The van der Waals surface area contributed by atoms with Gasteiger partial charge in [0.25, 0.3) is 30.4 Å². The standard InChI is InChI=1S/C43H57N3O12S3/c1-42(21-13-27-59(48,49)50)36-29-34(60(51,52)53)18-20-39(36)46(24-26-58-4)40(42)15-10-6-5-7-11-16-41-43(2,22-25-57-3)37-30-35(61(54,55)56)17-19-38(37)45(41)23-12-8-9-14-33(47)28-32-31-44-32/h5-7,10-11,15-20,29-30,32,44H,8-9,12-14,21-28,31H2,1-4H3,(H2-,48,49,50,51,52,53,54,55,56)/p+1. The number of unbranched alkanes of at least 4 members (excludes halogenated alkanes) is 2. The van der Waals surface area contributed by atoms with Crippen LogP contribution < -0.4 is 10.2 Å². The second-order valence-corrected chi connectivity index (χ2v) is 20.5. The molecule has 0 aliphatic carbocycles. The molecule has 3 aliphatic heterocycles. The van der Waals surface area contributed by atoms with Crippen LogP contribution in [-0.4, -0.2) is 114 Å². The zero-order valence-electron chi connectivity index (χ0n) is 35.1. The van der Waals surface area contributed by atoms with Crippen molar-refractivity contribution in [2.24, 2.45) is 0 Å². The van der Waals surface area contributed by atoms with Crippen LogP contribution in [0.1, 0.15) is 76.3 Å². The maximum absolute atomic E-state index is 12.3. The number of fused-ring (bicyclic) bond motifs is 2. The van der Waals surface area contributed by atoms with Gasteiger partial charge in [-0.05, 0) is 87.9 Å². The minimum Gasteiger partial charge on any atom is -0.385 e. The lowest BCUT2D eigenvalue weighted by atomic mass is 9.76. The smallest absolute Gasteiger partial charge is 0.294 e. The van der Waals surface area contributed by atoms with Crippen molar-refractivity contribution >= 4 is 53.2 Å². The van der Waals surface area contributed by atoms with Gasteiger partial charge in [-0.1, -0.05) is 36.8 Å². The van der Waals surface area contributed by atoms with Crippen LogP contribution in [0.3, 0.4) is 0 Å². The minimum atomic E-state index is -4.54. The molecule has 1 fully saturated rings. The van der Waals surface area contributed by atoms with E-state index in [0.717, 1.165) is 48.5 Å². The number of benzene rings is 2. The number of allylic oxidation sites excluding steroid dienone is 8. The zero-order valence-corrected chi connectivity index (χ0v) is 37.6. The number of hydrogen-bond donors (Lipinski definition) is 4. The Labute approximate surface area is 360 Å². The molecule has 61 heavy (non-hydrogen) atoms. The molecule has 0 saturated carbocycles. The van der Waals surface area contributed by atoms with Crippen molar-refractivity contribution in [1.82, 2.24) is 5.32 Å². The Balaban J connectivity index is 1.43. The molecule has 0 amide bonds. The molecule has 0 spiro atoms. The van der Waals surface area contributed by atoms with Crippen LogP contribution in [0.15, 0.2) is 94.4 Å². The summed E-state index contributed by atoms with van der Waals surface area (Å²) in [6, 6.07) is 9.29. The van der Waals surface area contributed by atoms with Crippen molar-refractivity contribution in [2.75, 3.05) is 57.7 Å². The van der Waals surface area contributed by atoms with Gasteiger partial charge in [-0.2, -0.15) is 29.8 Å². The molecule has 1 saturated heterocycles. The highest BCUT2D eigenvalue weighted by molar-refractivity contribution is 7.86. The number of nitrogens with one attached hydrogen (secondary N) is 1. The predicted molar refractivity (Wildman–Crippen MR) is 234 cm³/mol. The Morgan fingerprint density at radius 1 is 0.820 bits per heavy atom. The highest BCUT2D eigenvalue weighted by atomic mass is 32.2. The maximum atomic E-state index is 12.3. The number of ether oxygens (including phenoxy) is 2. The monoisotopic (exact) mass is 904 g/mol. The highest BCUT2D eigenvalue weighted by Crippen LogP contribution is 2.51. The number of nitrogens with zero attached hydrogens (tertiary/aromatic N) is 2. The number of anilines is 1. The third kappa shape index (κ3) is 12.2. The minimum absolute atomic E-state index is 0.0763. The van der Waals surface area contributed by atoms with E-state index in [1.807, 2.05) is 61.0 Å². The molecule has 5 rings (SSSR count). The summed E-state index contributed by atoms with van der Waals surface area (Å²) in [4.78, 5) is 14.0. The number of rotatable bonds is 24. The van der Waals surface area contributed by atoms with E-state index in [-0.39, 0.29) is 28.4 Å². The topological polar surface area (TPSA) is 227 Å². The van der Waals surface area contributed by atoms with E-state index in [1.165, 1.54) is 24.3 Å². The fraction of sp³-hybridized carbons (Fsp3) is 0.488. The summed E-state index contributed by atoms with van der Waals surface area (Å²) in [7, 11) is -10.1. The van der Waals surface area contributed by atoms with Crippen molar-refractivity contribution in [1.29, 1.82) is 0 Å². The van der Waals surface area contributed by atoms with Crippen LogP contribution in [0.5, 0.6) is 0 Å². The molecule has 0 aromatic heterocycles. The van der Waals surface area contributed by atoms with E-state index in [0.29, 0.717) is 62.9 Å². The quantitative estimate of drug-likeness (QED) is 0.0326. The van der Waals surface area contributed by atoms with Gasteiger partial charge in [0.15, 0.2) is 12.3 Å².